The van der Waals surface area contributed by atoms with Gasteiger partial charge in [0.2, 0.25) is 5.91 Å². The van der Waals surface area contributed by atoms with Gasteiger partial charge in [-0.15, -0.1) is 11.3 Å². The van der Waals surface area contributed by atoms with Crippen LogP contribution in [-0.2, 0) is 20.1 Å². The molecule has 4 N–H and O–H groups in total. The second-order valence-electron chi connectivity index (χ2n) is 10.3. The van der Waals surface area contributed by atoms with Crippen molar-refractivity contribution in [3.05, 3.63) is 75.8 Å². The third kappa shape index (κ3) is 9.69. The summed E-state index contributed by atoms with van der Waals surface area (Å²) in [4.78, 5) is 33.3. The number of nitriles is 2. The Morgan fingerprint density at radius 1 is 1.04 bits per heavy atom. The van der Waals surface area contributed by atoms with Crippen molar-refractivity contribution in [3.63, 3.8) is 0 Å². The first-order valence-corrected chi connectivity index (χ1v) is 17.4. The smallest absolute Gasteiger partial charge is 0.328 e. The zero-order valence-electron chi connectivity index (χ0n) is 26.4. The van der Waals surface area contributed by atoms with Crippen molar-refractivity contribution in [1.82, 2.24) is 15.3 Å². The lowest BCUT2D eigenvalue weighted by Gasteiger charge is -2.16. The molecule has 1 amide bonds. The number of halogens is 1. The van der Waals surface area contributed by atoms with Gasteiger partial charge in [0.1, 0.15) is 58.6 Å². The maximum Gasteiger partial charge on any atom is 0.328 e. The van der Waals surface area contributed by atoms with E-state index in [9.17, 15) is 20.1 Å². The number of ether oxygens (including phenoxy) is 2. The van der Waals surface area contributed by atoms with Crippen LogP contribution in [0.2, 0.25) is 5.02 Å². The molecule has 0 bridgehead atoms. The molecule has 0 unspecified atom stereocenters. The second-order valence-corrected chi connectivity index (χ2v) is 12.6. The van der Waals surface area contributed by atoms with E-state index in [-0.39, 0.29) is 37.6 Å². The third-order valence-corrected chi connectivity index (χ3v) is 8.97. The molecule has 2 aromatic carbocycles. The number of esters is 1. The van der Waals surface area contributed by atoms with Gasteiger partial charge in [0.15, 0.2) is 0 Å². The van der Waals surface area contributed by atoms with E-state index >= 15 is 0 Å². The third-order valence-electron chi connectivity index (χ3n) is 6.77. The van der Waals surface area contributed by atoms with Gasteiger partial charge in [-0.2, -0.15) is 10.5 Å². The normalized spacial score (nSPS) is 11.2. The zero-order chi connectivity index (χ0) is 34.5. The fourth-order valence-electron chi connectivity index (χ4n) is 4.43. The van der Waals surface area contributed by atoms with Crippen molar-refractivity contribution in [2.45, 2.75) is 43.5 Å². The summed E-state index contributed by atoms with van der Waals surface area (Å²) >= 11 is 8.94. The lowest BCUT2D eigenvalue weighted by molar-refractivity contribution is -0.148. The minimum Gasteiger partial charge on any atom is -0.490 e. The summed E-state index contributed by atoms with van der Waals surface area (Å²) in [6.07, 6.45) is 0.942. The van der Waals surface area contributed by atoms with Gasteiger partial charge in [-0.05, 0) is 43.2 Å². The van der Waals surface area contributed by atoms with Crippen LogP contribution in [0, 0.1) is 22.7 Å². The lowest BCUT2D eigenvalue weighted by Crippen LogP contribution is -2.40. The molecule has 48 heavy (non-hydrogen) atoms. The summed E-state index contributed by atoms with van der Waals surface area (Å²) in [5, 5.41) is 30.3. The quantitative estimate of drug-likeness (QED) is 0.0692. The molecule has 2 aromatic heterocycles. The number of pyridine rings is 1. The Balaban J connectivity index is 1.49. The molecule has 0 aliphatic carbocycles. The minimum absolute atomic E-state index is 0.0214. The van der Waals surface area contributed by atoms with Gasteiger partial charge in [0.05, 0.1) is 11.3 Å². The number of carbonyl (C=O) groups is 2. The molecule has 4 aromatic rings. The van der Waals surface area contributed by atoms with E-state index in [1.165, 1.54) is 30.0 Å². The largest absolute Gasteiger partial charge is 0.490 e. The number of nitrogens with zero attached hydrogens (tertiary/aromatic N) is 4. The van der Waals surface area contributed by atoms with E-state index in [2.05, 4.69) is 22.8 Å². The average Bonchev–Trinajstić information content (AvgIpc) is 3.57. The molecule has 0 aliphatic rings. The van der Waals surface area contributed by atoms with Gasteiger partial charge >= 0.3 is 5.97 Å². The van der Waals surface area contributed by atoms with Gasteiger partial charge < -0.3 is 25.8 Å². The van der Waals surface area contributed by atoms with Crippen LogP contribution in [0.1, 0.15) is 43.5 Å². The van der Waals surface area contributed by atoms with Crippen molar-refractivity contribution in [2.24, 2.45) is 5.73 Å². The van der Waals surface area contributed by atoms with Crippen LogP contribution in [0.15, 0.2) is 58.9 Å². The first-order valence-electron chi connectivity index (χ1n) is 15.1. The van der Waals surface area contributed by atoms with E-state index < -0.39 is 12.0 Å². The van der Waals surface area contributed by atoms with Crippen molar-refractivity contribution in [1.29, 1.82) is 10.5 Å². The predicted molar refractivity (Wildman–Crippen MR) is 188 cm³/mol. The van der Waals surface area contributed by atoms with Crippen molar-refractivity contribution < 1.29 is 19.1 Å². The van der Waals surface area contributed by atoms with Crippen LogP contribution in [0.5, 0.6) is 5.75 Å². The molecule has 0 radical (unpaired) electrons. The molecule has 248 valence electrons. The van der Waals surface area contributed by atoms with E-state index in [1.807, 2.05) is 36.6 Å². The van der Waals surface area contributed by atoms with E-state index in [1.54, 1.807) is 24.3 Å². The molecule has 0 fully saturated rings. The molecule has 2 heterocycles. The van der Waals surface area contributed by atoms with Crippen LogP contribution >= 0.6 is 34.7 Å². The lowest BCUT2D eigenvalue weighted by atomic mass is 9.96. The summed E-state index contributed by atoms with van der Waals surface area (Å²) in [6.45, 7) is 4.40. The highest BCUT2D eigenvalue weighted by molar-refractivity contribution is 7.98. The Hall–Kier alpha value is -4.66. The van der Waals surface area contributed by atoms with Crippen molar-refractivity contribution in [3.8, 4) is 39.6 Å². The van der Waals surface area contributed by atoms with Crippen LogP contribution in [0.3, 0.4) is 0 Å². The molecule has 0 saturated carbocycles. The number of rotatable bonds is 16. The molecular formula is C34H34ClN7O4S2. The second kappa shape index (κ2) is 18.0. The molecule has 0 aliphatic heterocycles. The average molecular weight is 704 g/mol. The van der Waals surface area contributed by atoms with Crippen LogP contribution in [-0.4, -0.2) is 54.2 Å². The van der Waals surface area contributed by atoms with Crippen molar-refractivity contribution in [2.75, 3.05) is 31.6 Å². The number of anilines is 1. The van der Waals surface area contributed by atoms with Crippen LogP contribution in [0.4, 0.5) is 5.82 Å². The number of hydrogen-bond donors (Lipinski definition) is 3. The number of thioether (sulfide) groups is 1. The zero-order valence-corrected chi connectivity index (χ0v) is 28.8. The van der Waals surface area contributed by atoms with Crippen LogP contribution in [0.25, 0.3) is 21.7 Å². The molecule has 14 heteroatoms. The molecular weight excluding hydrogens is 670 g/mol. The molecule has 4 rings (SSSR count). The number of amides is 1. The summed E-state index contributed by atoms with van der Waals surface area (Å²) in [5.74, 6) is 0.480. The SMILES string of the molecule is CCCNc1nc(SCc2csc(-c3ccc(Cl)cc3)n2)c(C#N)c(-c2ccc(OCCOC(=O)[C@H](C)NC(=O)CCN)cc2)c1C#N. The predicted octanol–water partition coefficient (Wildman–Crippen LogP) is 6.16. The number of hydrogen-bond acceptors (Lipinski definition) is 12. The Kier molecular flexibility index (Phi) is 13.6. The van der Waals surface area contributed by atoms with Crippen LogP contribution < -0.4 is 21.1 Å². The fraction of sp³-hybridized carbons (Fsp3) is 0.294. The summed E-state index contributed by atoms with van der Waals surface area (Å²) < 4.78 is 10.9. The monoisotopic (exact) mass is 703 g/mol. The number of thiazole rings is 1. The molecule has 1 atom stereocenters. The number of carbonyl (C=O) groups excluding carboxylic acids is 2. The number of nitrogens with one attached hydrogen (secondary N) is 2. The molecule has 0 spiro atoms. The summed E-state index contributed by atoms with van der Waals surface area (Å²) in [7, 11) is 0. The van der Waals surface area contributed by atoms with E-state index in [0.29, 0.717) is 50.6 Å². The Labute approximate surface area is 292 Å². The van der Waals surface area contributed by atoms with Crippen molar-refractivity contribution >= 4 is 52.4 Å². The minimum atomic E-state index is -0.805. The number of nitrogens with two attached hydrogens (primary N) is 1. The highest BCUT2D eigenvalue weighted by atomic mass is 35.5. The van der Waals surface area contributed by atoms with Gasteiger partial charge in [0, 0.05) is 46.8 Å². The number of aromatic nitrogens is 2. The number of benzene rings is 2. The molecule has 11 nitrogen and oxygen atoms in total. The molecule has 0 saturated heterocycles. The highest BCUT2D eigenvalue weighted by Gasteiger charge is 2.22. The Morgan fingerprint density at radius 2 is 1.75 bits per heavy atom. The summed E-state index contributed by atoms with van der Waals surface area (Å²) in [6, 6.07) is 18.2. The summed E-state index contributed by atoms with van der Waals surface area (Å²) in [5.41, 5.74) is 8.85. The van der Waals surface area contributed by atoms with Gasteiger partial charge in [-0.1, -0.05) is 54.6 Å². The van der Waals surface area contributed by atoms with Gasteiger partial charge in [-0.25, -0.2) is 14.8 Å². The standard InChI is InChI=1S/C34H34ClN7O4S2/c1-3-14-39-31-27(17-37)30(22-6-10-26(11-7-22)45-15-16-46-34(44)21(2)40-29(43)12-13-36)28(18-38)33(42-31)48-20-25-19-47-32(41-25)23-4-8-24(35)9-5-23/h4-11,19,21H,3,12-16,20,36H2,1-2H3,(H,39,42)(H,40,43)/t21-/m0/s1. The van der Waals surface area contributed by atoms with Gasteiger partial charge in [-0.3, -0.25) is 4.79 Å². The topological polar surface area (TPSA) is 176 Å². The van der Waals surface area contributed by atoms with Gasteiger partial charge in [0.25, 0.3) is 0 Å². The fourth-order valence-corrected chi connectivity index (χ4v) is 6.37. The van der Waals surface area contributed by atoms with E-state index in [0.717, 1.165) is 22.7 Å². The Bertz CT molecular complexity index is 1800. The highest BCUT2D eigenvalue weighted by Crippen LogP contribution is 2.38. The van der Waals surface area contributed by atoms with E-state index in [4.69, 9.17) is 36.8 Å². The first kappa shape index (κ1) is 36.2. The maximum absolute atomic E-state index is 12.1. The first-order chi connectivity index (χ1) is 23.3. The Morgan fingerprint density at radius 3 is 2.42 bits per heavy atom. The maximum atomic E-state index is 12.1.